The third-order valence-electron chi connectivity index (χ3n) is 1.87. The summed E-state index contributed by atoms with van der Waals surface area (Å²) >= 11 is 5.94. The smallest absolute Gasteiger partial charge is 0.252 e. The maximum absolute atomic E-state index is 11.2. The van der Waals surface area contributed by atoms with Crippen LogP contribution in [0.15, 0.2) is 18.2 Å². The minimum absolute atomic E-state index is 0.261. The molecule has 0 saturated carbocycles. The average molecular weight is 238 g/mol. The van der Waals surface area contributed by atoms with Crippen molar-refractivity contribution in [2.45, 2.75) is 20.0 Å². The number of hydrogen-bond acceptors (Lipinski definition) is 2. The van der Waals surface area contributed by atoms with E-state index in [1.807, 2.05) is 0 Å². The monoisotopic (exact) mass is 237 g/mol. The van der Waals surface area contributed by atoms with Crippen molar-refractivity contribution in [3.8, 4) is 17.6 Å². The van der Waals surface area contributed by atoms with Gasteiger partial charge in [0.05, 0.1) is 10.6 Å². The number of carbonyl (C=O) groups is 1. The molecule has 16 heavy (non-hydrogen) atoms. The molecule has 0 saturated heterocycles. The number of rotatable bonds is 3. The predicted octanol–water partition coefficient (Wildman–Crippen LogP) is 2.23. The average Bonchev–Trinajstić information content (AvgIpc) is 2.21. The van der Waals surface area contributed by atoms with Crippen molar-refractivity contribution in [2.75, 3.05) is 0 Å². The number of hydrogen-bond donors (Lipinski definition) is 1. The van der Waals surface area contributed by atoms with E-state index in [-0.39, 0.29) is 17.4 Å². The summed E-state index contributed by atoms with van der Waals surface area (Å²) in [5.74, 6) is 5.24. The summed E-state index contributed by atoms with van der Waals surface area (Å²) < 4.78 is 5.47. The molecule has 0 aliphatic carbocycles. The summed E-state index contributed by atoms with van der Waals surface area (Å²) in [6, 6.07) is 4.84. The number of amides is 1. The highest BCUT2D eigenvalue weighted by Gasteiger charge is 2.14. The third-order valence-corrected chi connectivity index (χ3v) is 2.17. The first-order valence-electron chi connectivity index (χ1n) is 4.73. The highest BCUT2D eigenvalue weighted by atomic mass is 35.5. The van der Waals surface area contributed by atoms with Gasteiger partial charge in [0.25, 0.3) is 5.91 Å². The lowest BCUT2D eigenvalue weighted by atomic mass is 10.2. The quantitative estimate of drug-likeness (QED) is 0.820. The molecule has 4 heteroatoms. The molecule has 0 aromatic heterocycles. The van der Waals surface area contributed by atoms with Gasteiger partial charge in [-0.2, -0.15) is 0 Å². The van der Waals surface area contributed by atoms with Crippen LogP contribution in [0.4, 0.5) is 0 Å². The topological polar surface area (TPSA) is 52.3 Å². The SMILES string of the molecule is CC#C[C@H](C)Oc1c(Cl)cccc1C(N)=O. The number of halogens is 1. The summed E-state index contributed by atoms with van der Waals surface area (Å²) in [6.07, 6.45) is -0.344. The van der Waals surface area contributed by atoms with Gasteiger partial charge in [-0.05, 0) is 26.0 Å². The molecule has 0 fully saturated rings. The Bertz CT molecular complexity index is 460. The molecule has 0 radical (unpaired) electrons. The van der Waals surface area contributed by atoms with Crippen molar-refractivity contribution in [2.24, 2.45) is 5.73 Å². The Kier molecular flexibility index (Phi) is 4.21. The van der Waals surface area contributed by atoms with Crippen LogP contribution in [-0.2, 0) is 0 Å². The summed E-state index contributed by atoms with van der Waals surface area (Å²) in [7, 11) is 0. The van der Waals surface area contributed by atoms with Crippen molar-refractivity contribution >= 4 is 17.5 Å². The zero-order valence-corrected chi connectivity index (χ0v) is 9.84. The minimum atomic E-state index is -0.575. The fraction of sp³-hybridized carbons (Fsp3) is 0.250. The van der Waals surface area contributed by atoms with Crippen LogP contribution in [0, 0.1) is 11.8 Å². The van der Waals surface area contributed by atoms with Crippen LogP contribution in [0.25, 0.3) is 0 Å². The maximum atomic E-state index is 11.2. The third kappa shape index (κ3) is 2.91. The molecule has 3 nitrogen and oxygen atoms in total. The molecule has 1 aromatic carbocycles. The van der Waals surface area contributed by atoms with E-state index >= 15 is 0 Å². The first kappa shape index (κ1) is 12.4. The van der Waals surface area contributed by atoms with E-state index in [0.717, 1.165) is 0 Å². The number of benzene rings is 1. The van der Waals surface area contributed by atoms with Gasteiger partial charge in [0.1, 0.15) is 0 Å². The molecule has 0 spiro atoms. The number of nitrogens with two attached hydrogens (primary N) is 1. The summed E-state index contributed by atoms with van der Waals surface area (Å²) in [4.78, 5) is 11.2. The molecule has 0 bridgehead atoms. The summed E-state index contributed by atoms with van der Waals surface area (Å²) in [5, 5.41) is 0.348. The molecule has 2 N–H and O–H groups in total. The molecular formula is C12H12ClNO2. The summed E-state index contributed by atoms with van der Waals surface area (Å²) in [5.41, 5.74) is 5.48. The van der Waals surface area contributed by atoms with Gasteiger partial charge in [-0.3, -0.25) is 4.79 Å². The lowest BCUT2D eigenvalue weighted by molar-refractivity contribution is 0.0995. The Hall–Kier alpha value is -1.66. The molecule has 0 unspecified atom stereocenters. The summed E-state index contributed by atoms with van der Waals surface area (Å²) in [6.45, 7) is 3.48. The van der Waals surface area contributed by atoms with Crippen molar-refractivity contribution in [1.29, 1.82) is 0 Å². The largest absolute Gasteiger partial charge is 0.476 e. The van der Waals surface area contributed by atoms with Crippen LogP contribution in [0.3, 0.4) is 0 Å². The van der Waals surface area contributed by atoms with Crippen molar-refractivity contribution in [1.82, 2.24) is 0 Å². The van der Waals surface area contributed by atoms with Gasteiger partial charge >= 0.3 is 0 Å². The van der Waals surface area contributed by atoms with Crippen LogP contribution in [0.1, 0.15) is 24.2 Å². The van der Waals surface area contributed by atoms with Crippen molar-refractivity contribution < 1.29 is 9.53 Å². The van der Waals surface area contributed by atoms with Gasteiger partial charge in [0.2, 0.25) is 0 Å². The van der Waals surface area contributed by atoms with Gasteiger partial charge in [0.15, 0.2) is 11.9 Å². The van der Waals surface area contributed by atoms with Crippen LogP contribution in [-0.4, -0.2) is 12.0 Å². The van der Waals surface area contributed by atoms with Gasteiger partial charge in [-0.15, -0.1) is 5.92 Å². The van der Waals surface area contributed by atoms with E-state index in [4.69, 9.17) is 22.1 Å². The lowest BCUT2D eigenvalue weighted by Crippen LogP contribution is -2.16. The van der Waals surface area contributed by atoms with Gasteiger partial charge in [0, 0.05) is 0 Å². The second kappa shape index (κ2) is 5.43. The van der Waals surface area contributed by atoms with Gasteiger partial charge in [-0.1, -0.05) is 23.6 Å². The normalized spacial score (nSPS) is 11.2. The maximum Gasteiger partial charge on any atom is 0.252 e. The zero-order chi connectivity index (χ0) is 12.1. The second-order valence-corrected chi connectivity index (χ2v) is 3.54. The standard InChI is InChI=1S/C12H12ClNO2/c1-3-5-8(2)16-11-9(12(14)15)6-4-7-10(11)13/h4,6-8H,1-2H3,(H2,14,15)/t8-/m0/s1. The molecular weight excluding hydrogens is 226 g/mol. The van der Waals surface area contributed by atoms with E-state index in [0.29, 0.717) is 5.02 Å². The van der Waals surface area contributed by atoms with Crippen LogP contribution in [0.2, 0.25) is 5.02 Å². The van der Waals surface area contributed by atoms with E-state index in [1.54, 1.807) is 32.0 Å². The Labute approximate surface area is 99.5 Å². The molecule has 1 rings (SSSR count). The van der Waals surface area contributed by atoms with Crippen molar-refractivity contribution in [3.63, 3.8) is 0 Å². The van der Waals surface area contributed by atoms with Crippen LogP contribution < -0.4 is 10.5 Å². The molecule has 84 valence electrons. The number of carbonyl (C=O) groups excluding carboxylic acids is 1. The Morgan fingerprint density at radius 1 is 1.56 bits per heavy atom. The Balaban J connectivity index is 3.09. The van der Waals surface area contributed by atoms with Crippen LogP contribution >= 0.6 is 11.6 Å². The Morgan fingerprint density at radius 3 is 2.81 bits per heavy atom. The zero-order valence-electron chi connectivity index (χ0n) is 9.08. The first-order chi connectivity index (χ1) is 7.56. The fourth-order valence-corrected chi connectivity index (χ4v) is 1.45. The van der Waals surface area contributed by atoms with E-state index in [1.165, 1.54) is 0 Å². The number of para-hydroxylation sites is 1. The number of ether oxygens (including phenoxy) is 1. The molecule has 1 aromatic rings. The molecule has 0 heterocycles. The minimum Gasteiger partial charge on any atom is -0.476 e. The van der Waals surface area contributed by atoms with Crippen LogP contribution in [0.5, 0.6) is 5.75 Å². The van der Waals surface area contributed by atoms with E-state index in [9.17, 15) is 4.79 Å². The first-order valence-corrected chi connectivity index (χ1v) is 5.11. The predicted molar refractivity (Wildman–Crippen MR) is 63.5 cm³/mol. The van der Waals surface area contributed by atoms with E-state index in [2.05, 4.69) is 11.8 Å². The molecule has 1 amide bonds. The Morgan fingerprint density at radius 2 is 2.25 bits per heavy atom. The van der Waals surface area contributed by atoms with Gasteiger partial charge < -0.3 is 10.5 Å². The van der Waals surface area contributed by atoms with Gasteiger partial charge in [-0.25, -0.2) is 0 Å². The molecule has 1 atom stereocenters. The second-order valence-electron chi connectivity index (χ2n) is 3.14. The lowest BCUT2D eigenvalue weighted by Gasteiger charge is -2.13. The molecule has 0 aliphatic heterocycles. The molecule has 0 aliphatic rings. The highest BCUT2D eigenvalue weighted by molar-refractivity contribution is 6.32. The number of primary amides is 1. The highest BCUT2D eigenvalue weighted by Crippen LogP contribution is 2.29. The van der Waals surface area contributed by atoms with E-state index < -0.39 is 5.91 Å². The van der Waals surface area contributed by atoms with Crippen molar-refractivity contribution in [3.05, 3.63) is 28.8 Å². The fourth-order valence-electron chi connectivity index (χ4n) is 1.23.